The summed E-state index contributed by atoms with van der Waals surface area (Å²) in [6.45, 7) is 0.827. The van der Waals surface area contributed by atoms with Crippen LogP contribution >= 0.6 is 11.6 Å². The number of anilines is 4. The number of nitrogens with zero attached hydrogens (tertiary/aromatic N) is 3. The molecule has 1 aromatic carbocycles. The SMILES string of the molecule is CNCc1ccc2cc1CCc1cncc(c1)Nc1ncc(Cl)c(n1)N2. The van der Waals surface area contributed by atoms with Gasteiger partial charge in [0.2, 0.25) is 5.95 Å². The van der Waals surface area contributed by atoms with E-state index in [9.17, 15) is 0 Å². The Kier molecular flexibility index (Phi) is 4.69. The Morgan fingerprint density at radius 3 is 2.88 bits per heavy atom. The predicted molar refractivity (Wildman–Crippen MR) is 104 cm³/mol. The molecule has 7 heteroatoms. The normalized spacial score (nSPS) is 12.8. The highest BCUT2D eigenvalue weighted by atomic mass is 35.5. The maximum atomic E-state index is 6.28. The zero-order valence-corrected chi connectivity index (χ0v) is 15.1. The summed E-state index contributed by atoms with van der Waals surface area (Å²) >= 11 is 6.28. The summed E-state index contributed by atoms with van der Waals surface area (Å²) in [5.74, 6) is 1.04. The third kappa shape index (κ3) is 3.61. The van der Waals surface area contributed by atoms with E-state index < -0.39 is 0 Å². The summed E-state index contributed by atoms with van der Waals surface area (Å²) in [6.07, 6.45) is 7.09. The third-order valence-electron chi connectivity index (χ3n) is 4.31. The zero-order chi connectivity index (χ0) is 17.9. The second-order valence-electron chi connectivity index (χ2n) is 6.24. The van der Waals surface area contributed by atoms with Crippen molar-refractivity contribution < 1.29 is 0 Å². The molecule has 0 radical (unpaired) electrons. The van der Waals surface area contributed by atoms with E-state index in [0.29, 0.717) is 16.8 Å². The summed E-state index contributed by atoms with van der Waals surface area (Å²) in [4.78, 5) is 13.1. The van der Waals surface area contributed by atoms with Crippen molar-refractivity contribution in [1.29, 1.82) is 0 Å². The molecule has 4 rings (SSSR count). The van der Waals surface area contributed by atoms with Gasteiger partial charge in [-0.1, -0.05) is 17.7 Å². The van der Waals surface area contributed by atoms with Crippen LogP contribution in [0, 0.1) is 0 Å². The number of aryl methyl sites for hydroxylation is 2. The number of hydrogen-bond donors (Lipinski definition) is 3. The molecular formula is C19H19ClN6. The van der Waals surface area contributed by atoms with E-state index in [1.54, 1.807) is 12.4 Å². The van der Waals surface area contributed by atoms with Crippen LogP contribution in [-0.2, 0) is 19.4 Å². The Labute approximate surface area is 157 Å². The van der Waals surface area contributed by atoms with Gasteiger partial charge < -0.3 is 16.0 Å². The Balaban J connectivity index is 1.81. The molecule has 0 atom stereocenters. The summed E-state index contributed by atoms with van der Waals surface area (Å²) in [7, 11) is 1.96. The van der Waals surface area contributed by atoms with Crippen molar-refractivity contribution in [3.63, 3.8) is 0 Å². The van der Waals surface area contributed by atoms with Crippen molar-refractivity contribution >= 4 is 34.7 Å². The van der Waals surface area contributed by atoms with E-state index in [2.05, 4.69) is 49.1 Å². The van der Waals surface area contributed by atoms with Crippen molar-refractivity contribution in [2.45, 2.75) is 19.4 Å². The van der Waals surface area contributed by atoms with E-state index >= 15 is 0 Å². The average molecular weight is 367 g/mol. The maximum Gasteiger partial charge on any atom is 0.229 e. The minimum atomic E-state index is 0.471. The Hall–Kier alpha value is -2.70. The average Bonchev–Trinajstić information content (AvgIpc) is 2.65. The zero-order valence-electron chi connectivity index (χ0n) is 14.4. The molecule has 6 nitrogen and oxygen atoms in total. The van der Waals surface area contributed by atoms with Crippen molar-refractivity contribution in [2.24, 2.45) is 0 Å². The lowest BCUT2D eigenvalue weighted by molar-refractivity contribution is 0.798. The number of hydrogen-bond acceptors (Lipinski definition) is 6. The van der Waals surface area contributed by atoms with Crippen LogP contribution in [0.15, 0.2) is 42.9 Å². The first-order valence-corrected chi connectivity index (χ1v) is 8.86. The van der Waals surface area contributed by atoms with Crippen LogP contribution < -0.4 is 16.0 Å². The third-order valence-corrected chi connectivity index (χ3v) is 4.59. The van der Waals surface area contributed by atoms with Gasteiger partial charge in [0.15, 0.2) is 5.82 Å². The van der Waals surface area contributed by atoms with Gasteiger partial charge in [0.05, 0.1) is 18.1 Å². The van der Waals surface area contributed by atoms with Gasteiger partial charge in [-0.3, -0.25) is 4.98 Å². The molecule has 0 saturated carbocycles. The lowest BCUT2D eigenvalue weighted by atomic mass is 9.99. The molecule has 2 aromatic heterocycles. The number of aromatic nitrogens is 3. The summed E-state index contributed by atoms with van der Waals surface area (Å²) in [5.41, 5.74) is 5.54. The fraction of sp³-hybridized carbons (Fsp3) is 0.211. The van der Waals surface area contributed by atoms with Crippen LogP contribution in [0.3, 0.4) is 0 Å². The summed E-state index contributed by atoms with van der Waals surface area (Å²) in [5, 5.41) is 10.2. The molecule has 3 N–H and O–H groups in total. The van der Waals surface area contributed by atoms with Gasteiger partial charge in [-0.2, -0.15) is 4.98 Å². The molecule has 1 aliphatic heterocycles. The smallest absolute Gasteiger partial charge is 0.229 e. The topological polar surface area (TPSA) is 74.8 Å². The van der Waals surface area contributed by atoms with Gasteiger partial charge in [0, 0.05) is 18.4 Å². The molecular weight excluding hydrogens is 348 g/mol. The van der Waals surface area contributed by atoms with E-state index in [1.165, 1.54) is 11.1 Å². The van der Waals surface area contributed by atoms with Crippen LogP contribution in [0.2, 0.25) is 5.02 Å². The Bertz CT molecular complexity index is 943. The first-order valence-electron chi connectivity index (χ1n) is 8.48. The lowest BCUT2D eigenvalue weighted by Gasteiger charge is -2.13. The number of rotatable bonds is 2. The Morgan fingerprint density at radius 2 is 2.00 bits per heavy atom. The maximum absolute atomic E-state index is 6.28. The van der Waals surface area contributed by atoms with Crippen molar-refractivity contribution in [1.82, 2.24) is 20.3 Å². The standard InChI is InChI=1S/C19H19ClN6/c1-21-9-14-4-5-15-7-13(14)3-2-12-6-16(10-22-8-12)25-19-23-11-17(20)18(24-15)26-19/h4-8,10-11,21H,2-3,9H2,1H3,(H2,23,24,25,26). The molecule has 0 fully saturated rings. The van der Waals surface area contributed by atoms with Gasteiger partial charge >= 0.3 is 0 Å². The Morgan fingerprint density at radius 1 is 1.08 bits per heavy atom. The van der Waals surface area contributed by atoms with Gasteiger partial charge in [0.25, 0.3) is 0 Å². The second kappa shape index (κ2) is 7.27. The van der Waals surface area contributed by atoms with Gasteiger partial charge in [0.1, 0.15) is 5.02 Å². The molecule has 0 spiro atoms. The van der Waals surface area contributed by atoms with E-state index in [-0.39, 0.29) is 0 Å². The van der Waals surface area contributed by atoms with E-state index in [0.717, 1.165) is 36.3 Å². The molecule has 3 heterocycles. The molecule has 0 unspecified atom stereocenters. The van der Waals surface area contributed by atoms with Crippen LogP contribution in [-0.4, -0.2) is 22.0 Å². The molecule has 132 valence electrons. The van der Waals surface area contributed by atoms with E-state index in [4.69, 9.17) is 11.6 Å². The van der Waals surface area contributed by atoms with Crippen LogP contribution in [0.1, 0.15) is 16.7 Å². The van der Waals surface area contributed by atoms with Crippen LogP contribution in [0.25, 0.3) is 0 Å². The first kappa shape index (κ1) is 16.8. The number of pyridine rings is 1. The van der Waals surface area contributed by atoms with Crippen molar-refractivity contribution in [3.8, 4) is 0 Å². The quantitative estimate of drug-likeness (QED) is 0.640. The highest BCUT2D eigenvalue weighted by Crippen LogP contribution is 2.27. The number of benzene rings is 1. The molecule has 3 aromatic rings. The molecule has 1 aliphatic rings. The largest absolute Gasteiger partial charge is 0.339 e. The first-order chi connectivity index (χ1) is 12.7. The molecule has 0 amide bonds. The van der Waals surface area contributed by atoms with Crippen LogP contribution in [0.4, 0.5) is 23.1 Å². The summed E-state index contributed by atoms with van der Waals surface area (Å²) < 4.78 is 0. The highest BCUT2D eigenvalue weighted by molar-refractivity contribution is 6.32. The molecule has 6 bridgehead atoms. The van der Waals surface area contributed by atoms with Gasteiger partial charge in [-0.15, -0.1) is 0 Å². The monoisotopic (exact) mass is 366 g/mol. The van der Waals surface area contributed by atoms with Crippen LogP contribution in [0.5, 0.6) is 0 Å². The number of fused-ring (bicyclic) bond motifs is 6. The fourth-order valence-electron chi connectivity index (χ4n) is 3.05. The molecule has 0 saturated heterocycles. The summed E-state index contributed by atoms with van der Waals surface area (Å²) in [6, 6.07) is 8.42. The predicted octanol–water partition coefficient (Wildman–Crippen LogP) is 3.83. The van der Waals surface area contributed by atoms with Gasteiger partial charge in [-0.25, -0.2) is 4.98 Å². The second-order valence-corrected chi connectivity index (χ2v) is 6.64. The highest BCUT2D eigenvalue weighted by Gasteiger charge is 2.11. The molecule has 26 heavy (non-hydrogen) atoms. The van der Waals surface area contributed by atoms with E-state index in [1.807, 2.05) is 19.3 Å². The number of halogens is 1. The fourth-order valence-corrected chi connectivity index (χ4v) is 3.19. The van der Waals surface area contributed by atoms with Gasteiger partial charge in [-0.05, 0) is 54.8 Å². The molecule has 0 aliphatic carbocycles. The van der Waals surface area contributed by atoms with Crippen molar-refractivity contribution in [2.75, 3.05) is 17.7 Å². The minimum absolute atomic E-state index is 0.471. The lowest BCUT2D eigenvalue weighted by Crippen LogP contribution is -2.09. The number of nitrogens with one attached hydrogen (secondary N) is 3. The minimum Gasteiger partial charge on any atom is -0.339 e. The van der Waals surface area contributed by atoms with Crippen molar-refractivity contribution in [3.05, 3.63) is 64.6 Å².